The first-order valence-electron chi connectivity index (χ1n) is 10.8. The zero-order valence-electron chi connectivity index (χ0n) is 18.1. The smallest absolute Gasteiger partial charge is 0.298 e. The van der Waals surface area contributed by atoms with Gasteiger partial charge in [0.2, 0.25) is 5.82 Å². The summed E-state index contributed by atoms with van der Waals surface area (Å²) in [4.78, 5) is 12.9. The summed E-state index contributed by atoms with van der Waals surface area (Å²) in [6.07, 6.45) is 3.71. The van der Waals surface area contributed by atoms with E-state index in [9.17, 15) is 8.78 Å². The molecular weight excluding hydrogens is 426 g/mol. The maximum atomic E-state index is 14.0. The lowest BCUT2D eigenvalue weighted by atomic mass is 10.1. The first-order chi connectivity index (χ1) is 16.0. The number of benzene rings is 2. The molecule has 0 saturated carbocycles. The third kappa shape index (κ3) is 4.05. The molecule has 3 heterocycles. The highest BCUT2D eigenvalue weighted by atomic mass is 19.2. The van der Waals surface area contributed by atoms with Gasteiger partial charge in [0.15, 0.2) is 11.4 Å². The topological polar surface area (TPSA) is 74.1 Å². The third-order valence-corrected chi connectivity index (χ3v) is 6.15. The maximum absolute atomic E-state index is 14.0. The normalized spacial score (nSPS) is 15.6. The minimum absolute atomic E-state index is 0.0894. The zero-order chi connectivity index (χ0) is 22.9. The molecule has 4 aromatic rings. The Morgan fingerprint density at radius 1 is 1.09 bits per heavy atom. The van der Waals surface area contributed by atoms with Crippen LogP contribution in [0.5, 0.6) is 0 Å². The molecule has 0 amide bonds. The Morgan fingerprint density at radius 2 is 1.85 bits per heavy atom. The van der Waals surface area contributed by atoms with Crippen molar-refractivity contribution in [2.24, 2.45) is 0 Å². The molecule has 0 aliphatic carbocycles. The Balaban J connectivity index is 1.24. The first-order valence-corrected chi connectivity index (χ1v) is 10.8. The lowest BCUT2D eigenvalue weighted by molar-refractivity contribution is 0.239. The van der Waals surface area contributed by atoms with Gasteiger partial charge < -0.3 is 13.9 Å². The number of imidazole rings is 1. The number of rotatable bonds is 5. The van der Waals surface area contributed by atoms with Gasteiger partial charge in [-0.3, -0.25) is 4.90 Å². The van der Waals surface area contributed by atoms with Gasteiger partial charge in [-0.25, -0.2) is 9.37 Å². The maximum Gasteiger partial charge on any atom is 0.298 e. The Labute approximate surface area is 189 Å². The van der Waals surface area contributed by atoms with Crippen LogP contribution >= 0.6 is 0 Å². The number of hydrogen-bond donors (Lipinski definition) is 0. The number of nitriles is 1. The number of piperazine rings is 1. The highest BCUT2D eigenvalue weighted by Crippen LogP contribution is 2.27. The van der Waals surface area contributed by atoms with Gasteiger partial charge >= 0.3 is 0 Å². The van der Waals surface area contributed by atoms with Gasteiger partial charge in [0, 0.05) is 38.9 Å². The standard InChI is InChI=1S/C24H22F2N6O/c1-16(18-4-2-17(12-27)3-5-18)32-15-28-13-19(32)14-30-8-10-31(11-9-30)24-29-21-7-6-20(25)22(26)23(21)33-24/h2-7,13,15-16H,8-11,14H2,1H3. The van der Waals surface area contributed by atoms with E-state index < -0.39 is 11.6 Å². The van der Waals surface area contributed by atoms with Crippen molar-refractivity contribution >= 4 is 17.1 Å². The SMILES string of the molecule is CC(c1ccc(C#N)cc1)n1cncc1CN1CCN(c2nc3ccc(F)c(F)c3o2)CC1. The molecule has 0 spiro atoms. The molecule has 1 unspecified atom stereocenters. The van der Waals surface area contributed by atoms with Crippen LogP contribution in [0.1, 0.15) is 29.8 Å². The van der Waals surface area contributed by atoms with Gasteiger partial charge in [-0.1, -0.05) is 12.1 Å². The Kier molecular flexibility index (Phi) is 5.52. The highest BCUT2D eigenvalue weighted by Gasteiger charge is 2.24. The largest absolute Gasteiger partial charge is 0.420 e. The lowest BCUT2D eigenvalue weighted by Crippen LogP contribution is -2.46. The van der Waals surface area contributed by atoms with Crippen molar-refractivity contribution in [2.45, 2.75) is 19.5 Å². The molecule has 0 radical (unpaired) electrons. The highest BCUT2D eigenvalue weighted by molar-refractivity contribution is 5.75. The van der Waals surface area contributed by atoms with Crippen LogP contribution in [-0.2, 0) is 6.54 Å². The van der Waals surface area contributed by atoms with E-state index in [1.807, 2.05) is 41.7 Å². The molecule has 9 heteroatoms. The second kappa shape index (κ2) is 8.64. The monoisotopic (exact) mass is 448 g/mol. The number of anilines is 1. The summed E-state index contributed by atoms with van der Waals surface area (Å²) >= 11 is 0. The fraction of sp³-hybridized carbons (Fsp3) is 0.292. The molecule has 1 atom stereocenters. The van der Waals surface area contributed by atoms with E-state index in [4.69, 9.17) is 9.68 Å². The van der Waals surface area contributed by atoms with Gasteiger partial charge in [-0.2, -0.15) is 14.6 Å². The van der Waals surface area contributed by atoms with E-state index in [1.165, 1.54) is 6.07 Å². The Bertz CT molecular complexity index is 1320. The van der Waals surface area contributed by atoms with Crippen molar-refractivity contribution in [1.82, 2.24) is 19.4 Å². The van der Waals surface area contributed by atoms with E-state index in [0.717, 1.165) is 37.0 Å². The van der Waals surface area contributed by atoms with Crippen molar-refractivity contribution in [3.63, 3.8) is 0 Å². The summed E-state index contributed by atoms with van der Waals surface area (Å²) in [5.74, 6) is -1.95. The predicted octanol–water partition coefficient (Wildman–Crippen LogP) is 4.11. The Hall–Kier alpha value is -3.77. The molecule has 33 heavy (non-hydrogen) atoms. The second-order valence-electron chi connectivity index (χ2n) is 8.17. The predicted molar refractivity (Wildman–Crippen MR) is 119 cm³/mol. The minimum Gasteiger partial charge on any atom is -0.420 e. The minimum atomic E-state index is -1.01. The van der Waals surface area contributed by atoms with Crippen LogP contribution in [-0.4, -0.2) is 45.6 Å². The van der Waals surface area contributed by atoms with Crippen LogP contribution in [0.25, 0.3) is 11.1 Å². The van der Waals surface area contributed by atoms with E-state index in [1.54, 1.807) is 0 Å². The fourth-order valence-corrected chi connectivity index (χ4v) is 4.19. The van der Waals surface area contributed by atoms with Gasteiger partial charge in [0.05, 0.1) is 29.7 Å². The molecule has 7 nitrogen and oxygen atoms in total. The fourth-order valence-electron chi connectivity index (χ4n) is 4.19. The van der Waals surface area contributed by atoms with Gasteiger partial charge in [0.25, 0.3) is 6.01 Å². The summed E-state index contributed by atoms with van der Waals surface area (Å²) in [5.41, 5.74) is 3.01. The number of oxazole rings is 1. The zero-order valence-corrected chi connectivity index (χ0v) is 18.1. The van der Waals surface area contributed by atoms with Gasteiger partial charge in [-0.05, 0) is 36.8 Å². The summed E-state index contributed by atoms with van der Waals surface area (Å²) in [6.45, 7) is 5.71. The summed E-state index contributed by atoms with van der Waals surface area (Å²) in [5, 5.41) is 9.01. The third-order valence-electron chi connectivity index (χ3n) is 6.15. The molecule has 5 rings (SSSR count). The lowest BCUT2D eigenvalue weighted by Gasteiger charge is -2.34. The van der Waals surface area contributed by atoms with Crippen molar-refractivity contribution in [3.05, 3.63) is 77.4 Å². The van der Waals surface area contributed by atoms with E-state index in [-0.39, 0.29) is 11.6 Å². The van der Waals surface area contributed by atoms with Crippen LogP contribution in [0.4, 0.5) is 14.8 Å². The van der Waals surface area contributed by atoms with Crippen molar-refractivity contribution in [1.29, 1.82) is 5.26 Å². The van der Waals surface area contributed by atoms with Crippen molar-refractivity contribution in [3.8, 4) is 6.07 Å². The number of halogens is 2. The molecule has 1 aliphatic heterocycles. The van der Waals surface area contributed by atoms with Crippen molar-refractivity contribution < 1.29 is 13.2 Å². The van der Waals surface area contributed by atoms with Crippen LogP contribution < -0.4 is 4.90 Å². The molecule has 0 bridgehead atoms. The summed E-state index contributed by atoms with van der Waals surface area (Å²) < 4.78 is 35.1. The molecule has 0 N–H and O–H groups in total. The van der Waals surface area contributed by atoms with Gasteiger partial charge in [-0.15, -0.1) is 0 Å². The second-order valence-corrected chi connectivity index (χ2v) is 8.17. The van der Waals surface area contributed by atoms with Crippen LogP contribution in [0, 0.1) is 23.0 Å². The molecule has 1 fully saturated rings. The molecule has 2 aromatic heterocycles. The van der Waals surface area contributed by atoms with Crippen molar-refractivity contribution in [2.75, 3.05) is 31.1 Å². The Morgan fingerprint density at radius 3 is 2.58 bits per heavy atom. The average Bonchev–Trinajstić information content (AvgIpc) is 3.49. The summed E-state index contributed by atoms with van der Waals surface area (Å²) in [6, 6.07) is 12.6. The molecule has 1 saturated heterocycles. The summed E-state index contributed by atoms with van der Waals surface area (Å²) in [7, 11) is 0. The molecule has 1 aliphatic rings. The van der Waals surface area contributed by atoms with Crippen LogP contribution in [0.15, 0.2) is 53.3 Å². The molecule has 2 aromatic carbocycles. The quantitative estimate of drug-likeness (QED) is 0.458. The number of hydrogen-bond acceptors (Lipinski definition) is 6. The molecular formula is C24H22F2N6O. The van der Waals surface area contributed by atoms with Gasteiger partial charge in [0.1, 0.15) is 5.52 Å². The number of fused-ring (bicyclic) bond motifs is 1. The van der Waals surface area contributed by atoms with Crippen LogP contribution in [0.3, 0.4) is 0 Å². The first kappa shape index (κ1) is 21.1. The van der Waals surface area contributed by atoms with E-state index in [0.29, 0.717) is 30.2 Å². The average molecular weight is 448 g/mol. The van der Waals surface area contributed by atoms with E-state index in [2.05, 4.69) is 32.4 Å². The number of aromatic nitrogens is 3. The van der Waals surface area contributed by atoms with E-state index >= 15 is 0 Å². The molecule has 168 valence electrons. The number of nitrogens with zero attached hydrogens (tertiary/aromatic N) is 6. The van der Waals surface area contributed by atoms with Crippen LogP contribution in [0.2, 0.25) is 0 Å².